The molecule has 3 rings (SSSR count). The number of nitrogens with one attached hydrogen (secondary N) is 1. The maximum Gasteiger partial charge on any atom is 0.325 e. The number of urea groups is 1. The standard InChI is InChI=1S/C20H20F2N2O4S/c1-13-5-3-6-15(11-13)29(27,28)10-4-9-24-18(25)20(2,23-19(24)26)16-12-14(21)7-8-17(16)22/h3,5-8,11-12H,4,9-10H2,1-2H3,(H,23,26). The van der Waals surface area contributed by atoms with E-state index in [1.807, 2.05) is 0 Å². The number of benzene rings is 2. The van der Waals surface area contributed by atoms with E-state index in [1.165, 1.54) is 13.0 Å². The molecule has 0 spiro atoms. The predicted octanol–water partition coefficient (Wildman–Crippen LogP) is 2.90. The van der Waals surface area contributed by atoms with E-state index in [0.29, 0.717) is 0 Å². The van der Waals surface area contributed by atoms with Crippen LogP contribution in [0.4, 0.5) is 13.6 Å². The van der Waals surface area contributed by atoms with Crippen LogP contribution in [0.25, 0.3) is 0 Å². The third kappa shape index (κ3) is 4.00. The van der Waals surface area contributed by atoms with Gasteiger partial charge >= 0.3 is 6.03 Å². The van der Waals surface area contributed by atoms with Crippen molar-refractivity contribution in [3.05, 3.63) is 65.2 Å². The van der Waals surface area contributed by atoms with Gasteiger partial charge in [0.2, 0.25) is 0 Å². The van der Waals surface area contributed by atoms with Crippen LogP contribution in [0.1, 0.15) is 24.5 Å². The molecule has 1 heterocycles. The van der Waals surface area contributed by atoms with E-state index in [1.54, 1.807) is 25.1 Å². The highest BCUT2D eigenvalue weighted by Crippen LogP contribution is 2.31. The number of sulfone groups is 1. The Morgan fingerprint density at radius 3 is 2.52 bits per heavy atom. The lowest BCUT2D eigenvalue weighted by molar-refractivity contribution is -0.131. The molecule has 1 aliphatic heterocycles. The third-order valence-electron chi connectivity index (χ3n) is 4.89. The molecule has 0 radical (unpaired) electrons. The Labute approximate surface area is 167 Å². The number of rotatable bonds is 6. The average molecular weight is 422 g/mol. The highest BCUT2D eigenvalue weighted by atomic mass is 32.2. The zero-order valence-corrected chi connectivity index (χ0v) is 16.7. The molecule has 1 saturated heterocycles. The van der Waals surface area contributed by atoms with Crippen LogP contribution in [0.3, 0.4) is 0 Å². The molecule has 0 aromatic heterocycles. The Kier molecular flexibility index (Phi) is 5.44. The summed E-state index contributed by atoms with van der Waals surface area (Å²) < 4.78 is 52.6. The summed E-state index contributed by atoms with van der Waals surface area (Å²) in [5.74, 6) is -2.60. The van der Waals surface area contributed by atoms with Crippen molar-refractivity contribution in [2.24, 2.45) is 0 Å². The predicted molar refractivity (Wildman–Crippen MR) is 102 cm³/mol. The summed E-state index contributed by atoms with van der Waals surface area (Å²) >= 11 is 0. The zero-order chi connectivity index (χ0) is 21.4. The second kappa shape index (κ2) is 7.55. The summed E-state index contributed by atoms with van der Waals surface area (Å²) in [6.07, 6.45) is 0.0111. The van der Waals surface area contributed by atoms with Crippen molar-refractivity contribution in [2.45, 2.75) is 30.7 Å². The van der Waals surface area contributed by atoms with Crippen molar-refractivity contribution in [3.63, 3.8) is 0 Å². The molecule has 2 aromatic rings. The summed E-state index contributed by atoms with van der Waals surface area (Å²) in [6.45, 7) is 2.90. The largest absolute Gasteiger partial charge is 0.325 e. The number of aryl methyl sites for hydroxylation is 1. The lowest BCUT2D eigenvalue weighted by Gasteiger charge is -2.22. The minimum Gasteiger partial charge on any atom is -0.319 e. The summed E-state index contributed by atoms with van der Waals surface area (Å²) in [5.41, 5.74) is -1.25. The first kappa shape index (κ1) is 20.9. The number of carbonyl (C=O) groups excluding carboxylic acids is 2. The van der Waals surface area contributed by atoms with Crippen LogP contribution in [0.2, 0.25) is 0 Å². The SMILES string of the molecule is Cc1cccc(S(=O)(=O)CCCN2C(=O)NC(C)(c3cc(F)ccc3F)C2=O)c1. The molecule has 0 bridgehead atoms. The van der Waals surface area contributed by atoms with Gasteiger partial charge in [-0.1, -0.05) is 12.1 Å². The Morgan fingerprint density at radius 2 is 1.83 bits per heavy atom. The molecule has 9 heteroatoms. The van der Waals surface area contributed by atoms with E-state index in [2.05, 4.69) is 5.32 Å². The van der Waals surface area contributed by atoms with Gasteiger partial charge in [-0.25, -0.2) is 22.0 Å². The minimum absolute atomic E-state index is 0.0111. The molecule has 0 aliphatic carbocycles. The van der Waals surface area contributed by atoms with E-state index in [-0.39, 0.29) is 29.2 Å². The van der Waals surface area contributed by atoms with Crippen LogP contribution >= 0.6 is 0 Å². The zero-order valence-electron chi connectivity index (χ0n) is 15.9. The van der Waals surface area contributed by atoms with Gasteiger partial charge in [0.1, 0.15) is 17.2 Å². The number of nitrogens with zero attached hydrogens (tertiary/aromatic N) is 1. The molecule has 0 saturated carbocycles. The van der Waals surface area contributed by atoms with Gasteiger partial charge in [0.05, 0.1) is 10.6 Å². The second-order valence-corrected chi connectivity index (χ2v) is 9.23. The van der Waals surface area contributed by atoms with Crippen LogP contribution in [0.5, 0.6) is 0 Å². The smallest absolute Gasteiger partial charge is 0.319 e. The minimum atomic E-state index is -3.58. The third-order valence-corrected chi connectivity index (χ3v) is 6.68. The fourth-order valence-electron chi connectivity index (χ4n) is 3.30. The first-order valence-electron chi connectivity index (χ1n) is 8.94. The molecule has 2 aromatic carbocycles. The quantitative estimate of drug-likeness (QED) is 0.726. The summed E-state index contributed by atoms with van der Waals surface area (Å²) in [6, 6.07) is 8.32. The molecule has 1 N–H and O–H groups in total. The fraction of sp³-hybridized carbons (Fsp3) is 0.300. The fourth-order valence-corrected chi connectivity index (χ4v) is 4.70. The van der Waals surface area contributed by atoms with Gasteiger partial charge in [-0.05, 0) is 56.2 Å². The van der Waals surface area contributed by atoms with Crippen LogP contribution in [-0.2, 0) is 20.2 Å². The van der Waals surface area contributed by atoms with E-state index in [4.69, 9.17) is 0 Å². The molecule has 3 amide bonds. The van der Waals surface area contributed by atoms with Gasteiger partial charge in [-0.2, -0.15) is 0 Å². The normalized spacial score (nSPS) is 19.5. The van der Waals surface area contributed by atoms with E-state index in [0.717, 1.165) is 28.7 Å². The summed E-state index contributed by atoms with van der Waals surface area (Å²) in [7, 11) is -3.58. The van der Waals surface area contributed by atoms with Gasteiger partial charge in [-0.3, -0.25) is 9.69 Å². The lowest BCUT2D eigenvalue weighted by atomic mass is 9.91. The summed E-state index contributed by atoms with van der Waals surface area (Å²) in [5, 5.41) is 2.38. The maximum absolute atomic E-state index is 14.2. The number of halogens is 2. The highest BCUT2D eigenvalue weighted by molar-refractivity contribution is 7.91. The molecule has 1 atom stereocenters. The summed E-state index contributed by atoms with van der Waals surface area (Å²) in [4.78, 5) is 26.0. The number of amides is 3. The van der Waals surface area contributed by atoms with E-state index in [9.17, 15) is 26.8 Å². The molecule has 6 nitrogen and oxygen atoms in total. The first-order valence-corrected chi connectivity index (χ1v) is 10.6. The molecular weight excluding hydrogens is 402 g/mol. The Balaban J connectivity index is 1.73. The number of hydrogen-bond donors (Lipinski definition) is 1. The van der Waals surface area contributed by atoms with Crippen molar-refractivity contribution in [1.82, 2.24) is 10.2 Å². The molecule has 154 valence electrons. The van der Waals surface area contributed by atoms with Crippen molar-refractivity contribution in [1.29, 1.82) is 0 Å². The Bertz CT molecular complexity index is 1090. The number of carbonyl (C=O) groups is 2. The number of imide groups is 1. The first-order chi connectivity index (χ1) is 13.5. The van der Waals surface area contributed by atoms with Crippen LogP contribution in [0.15, 0.2) is 47.4 Å². The topological polar surface area (TPSA) is 83.6 Å². The lowest BCUT2D eigenvalue weighted by Crippen LogP contribution is -2.42. The van der Waals surface area contributed by atoms with Crippen LogP contribution < -0.4 is 5.32 Å². The number of hydrogen-bond acceptors (Lipinski definition) is 4. The van der Waals surface area contributed by atoms with Crippen LogP contribution in [-0.4, -0.2) is 37.6 Å². The molecule has 1 unspecified atom stereocenters. The molecular formula is C20H20F2N2O4S. The van der Waals surface area contributed by atoms with Crippen molar-refractivity contribution in [3.8, 4) is 0 Å². The second-order valence-electron chi connectivity index (χ2n) is 7.13. The van der Waals surface area contributed by atoms with Gasteiger partial charge in [0.15, 0.2) is 9.84 Å². The van der Waals surface area contributed by atoms with Gasteiger partial charge in [0, 0.05) is 12.1 Å². The van der Waals surface area contributed by atoms with Gasteiger partial charge in [0.25, 0.3) is 5.91 Å². The average Bonchev–Trinajstić information content (AvgIpc) is 2.87. The molecule has 1 fully saturated rings. The van der Waals surface area contributed by atoms with Crippen molar-refractivity contribution in [2.75, 3.05) is 12.3 Å². The molecule has 29 heavy (non-hydrogen) atoms. The highest BCUT2D eigenvalue weighted by Gasteiger charge is 2.50. The van der Waals surface area contributed by atoms with E-state index >= 15 is 0 Å². The maximum atomic E-state index is 14.2. The Hall–Kier alpha value is -2.81. The van der Waals surface area contributed by atoms with Crippen molar-refractivity contribution >= 4 is 21.8 Å². The van der Waals surface area contributed by atoms with E-state index < -0.39 is 38.9 Å². The molecule has 1 aliphatic rings. The Morgan fingerprint density at radius 1 is 1.10 bits per heavy atom. The van der Waals surface area contributed by atoms with Crippen molar-refractivity contribution < 1.29 is 26.8 Å². The van der Waals surface area contributed by atoms with Gasteiger partial charge < -0.3 is 5.32 Å². The monoisotopic (exact) mass is 422 g/mol. The van der Waals surface area contributed by atoms with Gasteiger partial charge in [-0.15, -0.1) is 0 Å². The van der Waals surface area contributed by atoms with Crippen LogP contribution in [0, 0.1) is 18.6 Å².